The van der Waals surface area contributed by atoms with Crippen molar-refractivity contribution in [3.8, 4) is 0 Å². The number of fused-ring (bicyclic) bond motifs is 1. The molecule has 4 rings (SSSR count). The first-order valence-corrected chi connectivity index (χ1v) is 9.05. The van der Waals surface area contributed by atoms with Crippen molar-refractivity contribution in [2.45, 2.75) is 38.5 Å². The van der Waals surface area contributed by atoms with Gasteiger partial charge in [0.2, 0.25) is 0 Å². The van der Waals surface area contributed by atoms with E-state index in [2.05, 4.69) is 66.4 Å². The molecule has 0 spiro atoms. The van der Waals surface area contributed by atoms with Crippen LogP contribution in [-0.2, 0) is 0 Å². The van der Waals surface area contributed by atoms with Crippen LogP contribution in [0.2, 0.25) is 0 Å². The fourth-order valence-corrected chi connectivity index (χ4v) is 4.02. The van der Waals surface area contributed by atoms with Gasteiger partial charge in [-0.2, -0.15) is 0 Å². The Morgan fingerprint density at radius 1 is 0.652 bits per heavy atom. The molecule has 0 amide bonds. The minimum absolute atomic E-state index is 0.817. The van der Waals surface area contributed by atoms with Crippen molar-refractivity contribution in [2.75, 3.05) is 0 Å². The zero-order valence-corrected chi connectivity index (χ0v) is 13.7. The van der Waals surface area contributed by atoms with Crippen LogP contribution in [0, 0.1) is 11.8 Å². The highest BCUT2D eigenvalue weighted by atomic mass is 14.5. The van der Waals surface area contributed by atoms with Crippen LogP contribution in [-0.4, -0.2) is 0 Å². The first-order chi connectivity index (χ1) is 11.4. The van der Waals surface area contributed by atoms with Gasteiger partial charge in [0.25, 0.3) is 0 Å². The Morgan fingerprint density at radius 2 is 1.13 bits per heavy atom. The van der Waals surface area contributed by atoms with E-state index in [9.17, 15) is 0 Å². The van der Waals surface area contributed by atoms with E-state index in [1.54, 1.807) is 5.57 Å². The van der Waals surface area contributed by atoms with Crippen LogP contribution < -0.4 is 0 Å². The van der Waals surface area contributed by atoms with E-state index < -0.39 is 0 Å². The summed E-state index contributed by atoms with van der Waals surface area (Å²) in [5, 5.41) is 0. The zero-order valence-electron chi connectivity index (χ0n) is 13.7. The van der Waals surface area contributed by atoms with Crippen LogP contribution in [0.4, 0.5) is 0 Å². The molecule has 0 heteroatoms. The van der Waals surface area contributed by atoms with Crippen molar-refractivity contribution >= 4 is 5.57 Å². The molecule has 0 N–H and O–H groups in total. The van der Waals surface area contributed by atoms with Gasteiger partial charge in [-0.3, -0.25) is 0 Å². The maximum Gasteiger partial charge on any atom is 0.0309 e. The maximum absolute atomic E-state index is 3.85. The molecule has 2 atom stereocenters. The van der Waals surface area contributed by atoms with Crippen molar-refractivity contribution < 1.29 is 0 Å². The summed E-state index contributed by atoms with van der Waals surface area (Å²) < 4.78 is 0. The molecule has 116 valence electrons. The maximum atomic E-state index is 3.85. The van der Waals surface area contributed by atoms with Gasteiger partial charge in [-0.05, 0) is 41.4 Å². The van der Waals surface area contributed by atoms with Gasteiger partial charge in [0.05, 0.1) is 0 Å². The molecular weight excluding hydrogens is 276 g/mol. The lowest BCUT2D eigenvalue weighted by Crippen LogP contribution is -1.90. The fourth-order valence-electron chi connectivity index (χ4n) is 4.02. The van der Waals surface area contributed by atoms with Gasteiger partial charge in [0, 0.05) is 5.57 Å². The minimum atomic E-state index is 0.817. The summed E-state index contributed by atoms with van der Waals surface area (Å²) in [4.78, 5) is 0. The van der Waals surface area contributed by atoms with Crippen LogP contribution >= 0.6 is 0 Å². The van der Waals surface area contributed by atoms with E-state index in [0.717, 1.165) is 11.8 Å². The number of allylic oxidation sites excluding steroid dienone is 1. The summed E-state index contributed by atoms with van der Waals surface area (Å²) in [7, 11) is 0. The highest BCUT2D eigenvalue weighted by Crippen LogP contribution is 2.53. The molecule has 2 aliphatic rings. The Kier molecular flexibility index (Phi) is 4.18. The number of benzene rings is 2. The van der Waals surface area contributed by atoms with Crippen molar-refractivity contribution in [3.05, 3.63) is 83.1 Å². The summed E-state index contributed by atoms with van der Waals surface area (Å²) in [6.45, 7) is 0. The average molecular weight is 300 g/mol. The molecule has 0 aromatic heterocycles. The first-order valence-electron chi connectivity index (χ1n) is 9.05. The molecule has 0 aliphatic heterocycles. The van der Waals surface area contributed by atoms with Crippen LogP contribution in [0.25, 0.3) is 5.57 Å². The summed E-state index contributed by atoms with van der Waals surface area (Å²) >= 11 is 0. The van der Waals surface area contributed by atoms with E-state index in [4.69, 9.17) is 0 Å². The quantitative estimate of drug-likeness (QED) is 0.575. The smallest absolute Gasteiger partial charge is 0.0309 e. The van der Waals surface area contributed by atoms with E-state index in [0.29, 0.717) is 0 Å². The largest absolute Gasteiger partial charge is 0.112 e. The van der Waals surface area contributed by atoms with Crippen molar-refractivity contribution in [1.82, 2.24) is 0 Å². The van der Waals surface area contributed by atoms with Crippen LogP contribution in [0.5, 0.6) is 0 Å². The lowest BCUT2D eigenvalue weighted by Gasteiger charge is -2.05. The minimum Gasteiger partial charge on any atom is -0.112 e. The molecule has 0 saturated heterocycles. The monoisotopic (exact) mass is 300 g/mol. The second kappa shape index (κ2) is 6.60. The Balaban J connectivity index is 1.78. The van der Waals surface area contributed by atoms with Crippen molar-refractivity contribution in [3.63, 3.8) is 0 Å². The lowest BCUT2D eigenvalue weighted by molar-refractivity contribution is 0.485. The van der Waals surface area contributed by atoms with Crippen molar-refractivity contribution in [1.29, 1.82) is 0 Å². The summed E-state index contributed by atoms with van der Waals surface area (Å²) in [6.07, 6.45) is 8.40. The van der Waals surface area contributed by atoms with Gasteiger partial charge in [-0.15, -0.1) is 5.73 Å². The Labute approximate surface area is 139 Å². The van der Waals surface area contributed by atoms with Gasteiger partial charge in [0.1, 0.15) is 0 Å². The summed E-state index contributed by atoms with van der Waals surface area (Å²) in [5.74, 6) is 1.63. The highest BCUT2D eigenvalue weighted by molar-refractivity contribution is 5.80. The average Bonchev–Trinajstić information content (AvgIpc) is 3.23. The molecule has 0 nitrogen and oxygen atoms in total. The van der Waals surface area contributed by atoms with Crippen LogP contribution in [0.1, 0.15) is 49.7 Å². The predicted octanol–water partition coefficient (Wildman–Crippen LogP) is 6.24. The molecule has 23 heavy (non-hydrogen) atoms. The summed E-state index contributed by atoms with van der Waals surface area (Å²) in [6, 6.07) is 21.5. The van der Waals surface area contributed by atoms with Gasteiger partial charge in [0.15, 0.2) is 0 Å². The normalized spacial score (nSPS) is 23.2. The SMILES string of the molecule is C(=C(c1ccccc1)c1ccccc1)=C1[C@H]2CCCCCC[C@@H]12. The van der Waals surface area contributed by atoms with Gasteiger partial charge in [-0.1, -0.05) is 86.3 Å². The van der Waals surface area contributed by atoms with Gasteiger partial charge >= 0.3 is 0 Å². The topological polar surface area (TPSA) is 0 Å². The van der Waals surface area contributed by atoms with E-state index in [1.165, 1.54) is 55.2 Å². The van der Waals surface area contributed by atoms with E-state index >= 15 is 0 Å². The van der Waals surface area contributed by atoms with Crippen molar-refractivity contribution in [2.24, 2.45) is 11.8 Å². The third-order valence-electron chi connectivity index (χ3n) is 5.35. The standard InChI is InChI=1S/C23H24/c1-2-10-16-21-20(15-9-1)23(21)17-22(18-11-5-3-6-12-18)19-13-7-4-8-14-19/h3-8,11-14,20-21H,1-2,9-10,15-16H2/t20-,21+. The number of hydrogen-bond acceptors (Lipinski definition) is 0. The second-order valence-electron chi connectivity index (χ2n) is 6.89. The first kappa shape index (κ1) is 14.5. The lowest BCUT2D eigenvalue weighted by atomic mass is 9.98. The summed E-state index contributed by atoms with van der Waals surface area (Å²) in [5.41, 5.74) is 9.28. The molecule has 2 aliphatic carbocycles. The third kappa shape index (κ3) is 3.19. The molecular formula is C23H24. The Morgan fingerprint density at radius 3 is 1.61 bits per heavy atom. The molecule has 0 radical (unpaired) electrons. The molecule has 2 aromatic rings. The molecule has 2 aromatic carbocycles. The molecule has 2 saturated carbocycles. The number of hydrogen-bond donors (Lipinski definition) is 0. The second-order valence-corrected chi connectivity index (χ2v) is 6.89. The molecule has 0 heterocycles. The fraction of sp³-hybridized carbons (Fsp3) is 0.348. The number of rotatable bonds is 2. The molecule has 0 bridgehead atoms. The Bertz CT molecular complexity index is 660. The van der Waals surface area contributed by atoms with Gasteiger partial charge in [-0.25, -0.2) is 0 Å². The third-order valence-corrected chi connectivity index (χ3v) is 5.35. The highest BCUT2D eigenvalue weighted by Gasteiger charge is 2.43. The van der Waals surface area contributed by atoms with Gasteiger partial charge < -0.3 is 0 Å². The van der Waals surface area contributed by atoms with E-state index in [1.807, 2.05) is 0 Å². The zero-order chi connectivity index (χ0) is 15.5. The van der Waals surface area contributed by atoms with E-state index in [-0.39, 0.29) is 0 Å². The van der Waals surface area contributed by atoms with Crippen LogP contribution in [0.3, 0.4) is 0 Å². The molecule has 0 unspecified atom stereocenters. The predicted molar refractivity (Wildman–Crippen MR) is 97.1 cm³/mol. The van der Waals surface area contributed by atoms with Crippen LogP contribution in [0.15, 0.2) is 72.0 Å². The molecule has 2 fully saturated rings. The Hall–Kier alpha value is -2.04.